The van der Waals surface area contributed by atoms with Crippen molar-refractivity contribution >= 4 is 22.6 Å². The maximum atomic E-state index is 12.3. The van der Waals surface area contributed by atoms with Crippen molar-refractivity contribution in [1.82, 2.24) is 9.36 Å². The summed E-state index contributed by atoms with van der Waals surface area (Å²) < 4.78 is 20.1. The predicted octanol–water partition coefficient (Wildman–Crippen LogP) is 3.85. The standard InChI is InChI=1S/C17H17N3O4S/c1-10(2)24-16-19-17(25-20-16)18-15(21)12-8-14(23-9-12)11-5-4-6-13(7-11)22-3/h4-10H,1-3H3,(H,18,19,20,21). The Balaban J connectivity index is 1.71. The molecule has 0 radical (unpaired) electrons. The molecule has 0 atom stereocenters. The highest BCUT2D eigenvalue weighted by Crippen LogP contribution is 2.26. The molecule has 3 aromatic rings. The number of hydrogen-bond donors (Lipinski definition) is 1. The van der Waals surface area contributed by atoms with Crippen LogP contribution in [0.4, 0.5) is 5.13 Å². The molecule has 0 bridgehead atoms. The zero-order valence-electron chi connectivity index (χ0n) is 14.0. The number of methoxy groups -OCH3 is 1. The zero-order chi connectivity index (χ0) is 17.8. The molecule has 0 aliphatic heterocycles. The SMILES string of the molecule is COc1cccc(-c2cc(C(=O)Nc3nc(OC(C)C)ns3)co2)c1. The van der Waals surface area contributed by atoms with Crippen LogP contribution in [0.2, 0.25) is 0 Å². The van der Waals surface area contributed by atoms with Crippen molar-refractivity contribution in [2.75, 3.05) is 12.4 Å². The quantitative estimate of drug-likeness (QED) is 0.719. The molecule has 1 amide bonds. The van der Waals surface area contributed by atoms with Crippen LogP contribution < -0.4 is 14.8 Å². The topological polar surface area (TPSA) is 86.5 Å². The summed E-state index contributed by atoms with van der Waals surface area (Å²) in [5.41, 5.74) is 1.21. The smallest absolute Gasteiger partial charge is 0.330 e. The van der Waals surface area contributed by atoms with E-state index in [1.807, 2.05) is 38.1 Å². The number of hydrogen-bond acceptors (Lipinski definition) is 7. The van der Waals surface area contributed by atoms with Gasteiger partial charge in [0.1, 0.15) is 17.8 Å². The maximum Gasteiger partial charge on any atom is 0.330 e. The highest BCUT2D eigenvalue weighted by Gasteiger charge is 2.15. The molecule has 0 saturated heterocycles. The number of nitrogens with one attached hydrogen (secondary N) is 1. The van der Waals surface area contributed by atoms with E-state index in [0.717, 1.165) is 17.1 Å². The number of benzene rings is 1. The number of aromatic nitrogens is 2. The largest absolute Gasteiger partial charge is 0.497 e. The van der Waals surface area contributed by atoms with Crippen LogP contribution in [-0.2, 0) is 0 Å². The second-order valence-electron chi connectivity index (χ2n) is 5.43. The molecule has 0 spiro atoms. The Kier molecular flexibility index (Phi) is 4.99. The summed E-state index contributed by atoms with van der Waals surface area (Å²) in [6, 6.07) is 9.32. The average Bonchev–Trinajstić information content (AvgIpc) is 3.24. The van der Waals surface area contributed by atoms with Gasteiger partial charge in [0.2, 0.25) is 5.13 Å². The fourth-order valence-corrected chi connectivity index (χ4v) is 2.58. The molecule has 0 aliphatic rings. The molecule has 7 nitrogen and oxygen atoms in total. The van der Waals surface area contributed by atoms with Crippen LogP contribution in [0.1, 0.15) is 24.2 Å². The van der Waals surface area contributed by atoms with E-state index >= 15 is 0 Å². The number of ether oxygens (including phenoxy) is 2. The van der Waals surface area contributed by atoms with Crippen LogP contribution >= 0.6 is 11.5 Å². The summed E-state index contributed by atoms with van der Waals surface area (Å²) >= 11 is 1.06. The highest BCUT2D eigenvalue weighted by atomic mass is 32.1. The van der Waals surface area contributed by atoms with Crippen molar-refractivity contribution in [3.05, 3.63) is 42.2 Å². The summed E-state index contributed by atoms with van der Waals surface area (Å²) in [6.45, 7) is 3.76. The number of nitrogens with zero attached hydrogens (tertiary/aromatic N) is 2. The van der Waals surface area contributed by atoms with Gasteiger partial charge in [0.25, 0.3) is 5.91 Å². The zero-order valence-corrected chi connectivity index (χ0v) is 14.8. The van der Waals surface area contributed by atoms with Gasteiger partial charge >= 0.3 is 6.01 Å². The Bertz CT molecular complexity index is 872. The van der Waals surface area contributed by atoms with Crippen LogP contribution in [0.15, 0.2) is 41.0 Å². The normalized spacial score (nSPS) is 10.7. The van der Waals surface area contributed by atoms with Gasteiger partial charge in [-0.15, -0.1) is 4.37 Å². The van der Waals surface area contributed by atoms with Crippen molar-refractivity contribution in [3.63, 3.8) is 0 Å². The molecular weight excluding hydrogens is 342 g/mol. The summed E-state index contributed by atoms with van der Waals surface area (Å²) in [5.74, 6) is 0.960. The average molecular weight is 359 g/mol. The fourth-order valence-electron chi connectivity index (χ4n) is 2.07. The Morgan fingerprint density at radius 1 is 1.32 bits per heavy atom. The fraction of sp³-hybridized carbons (Fsp3) is 0.235. The van der Waals surface area contributed by atoms with Gasteiger partial charge in [-0.1, -0.05) is 12.1 Å². The van der Waals surface area contributed by atoms with Gasteiger partial charge in [-0.05, 0) is 32.0 Å². The van der Waals surface area contributed by atoms with E-state index in [1.165, 1.54) is 6.26 Å². The number of carbonyl (C=O) groups excluding carboxylic acids is 1. The first kappa shape index (κ1) is 17.0. The van der Waals surface area contributed by atoms with E-state index in [-0.39, 0.29) is 18.0 Å². The van der Waals surface area contributed by atoms with Crippen molar-refractivity contribution in [2.45, 2.75) is 20.0 Å². The second-order valence-corrected chi connectivity index (χ2v) is 6.19. The summed E-state index contributed by atoms with van der Waals surface area (Å²) in [4.78, 5) is 16.4. The number of carbonyl (C=O) groups is 1. The maximum absolute atomic E-state index is 12.3. The van der Waals surface area contributed by atoms with Gasteiger partial charge in [-0.3, -0.25) is 10.1 Å². The van der Waals surface area contributed by atoms with Gasteiger partial charge < -0.3 is 13.9 Å². The third kappa shape index (κ3) is 4.16. The Labute approximate surface area is 148 Å². The number of amides is 1. The van der Waals surface area contributed by atoms with E-state index in [9.17, 15) is 4.79 Å². The van der Waals surface area contributed by atoms with Crippen molar-refractivity contribution < 1.29 is 18.7 Å². The van der Waals surface area contributed by atoms with E-state index in [4.69, 9.17) is 13.9 Å². The first-order valence-electron chi connectivity index (χ1n) is 7.60. The molecule has 0 fully saturated rings. The Hall–Kier alpha value is -2.87. The Morgan fingerprint density at radius 2 is 2.16 bits per heavy atom. The van der Waals surface area contributed by atoms with Gasteiger partial charge in [0.05, 0.1) is 18.8 Å². The van der Waals surface area contributed by atoms with Crippen molar-refractivity contribution in [1.29, 1.82) is 0 Å². The minimum atomic E-state index is -0.329. The third-order valence-electron chi connectivity index (χ3n) is 3.18. The van der Waals surface area contributed by atoms with Crippen LogP contribution in [0.3, 0.4) is 0 Å². The Morgan fingerprint density at radius 3 is 2.92 bits per heavy atom. The lowest BCUT2D eigenvalue weighted by Gasteiger charge is -2.02. The first-order valence-corrected chi connectivity index (χ1v) is 8.37. The molecule has 2 heterocycles. The number of anilines is 1. The molecule has 0 aliphatic carbocycles. The highest BCUT2D eigenvalue weighted by molar-refractivity contribution is 7.10. The van der Waals surface area contributed by atoms with Crippen LogP contribution in [0.25, 0.3) is 11.3 Å². The number of furan rings is 1. The molecule has 1 N–H and O–H groups in total. The van der Waals surface area contributed by atoms with Gasteiger partial charge in [-0.2, -0.15) is 4.98 Å². The van der Waals surface area contributed by atoms with E-state index in [1.54, 1.807) is 13.2 Å². The molecule has 2 aromatic heterocycles. The van der Waals surface area contributed by atoms with Crippen LogP contribution in [0.5, 0.6) is 11.8 Å². The van der Waals surface area contributed by atoms with E-state index in [0.29, 0.717) is 22.2 Å². The molecule has 0 saturated carbocycles. The molecule has 0 unspecified atom stereocenters. The minimum Gasteiger partial charge on any atom is -0.497 e. The number of rotatable bonds is 6. The van der Waals surface area contributed by atoms with Gasteiger partial charge in [0, 0.05) is 17.1 Å². The summed E-state index contributed by atoms with van der Waals surface area (Å²) in [5, 5.41) is 3.05. The van der Waals surface area contributed by atoms with Crippen molar-refractivity contribution in [2.24, 2.45) is 0 Å². The molecule has 130 valence electrons. The van der Waals surface area contributed by atoms with E-state index in [2.05, 4.69) is 14.7 Å². The van der Waals surface area contributed by atoms with Crippen LogP contribution in [-0.4, -0.2) is 28.5 Å². The van der Waals surface area contributed by atoms with Gasteiger partial charge in [-0.25, -0.2) is 0 Å². The molecular formula is C17H17N3O4S. The predicted molar refractivity (Wildman–Crippen MR) is 94.3 cm³/mol. The molecule has 25 heavy (non-hydrogen) atoms. The molecule has 3 rings (SSSR count). The lowest BCUT2D eigenvalue weighted by Crippen LogP contribution is -2.11. The lowest BCUT2D eigenvalue weighted by atomic mass is 10.1. The van der Waals surface area contributed by atoms with Crippen molar-refractivity contribution in [3.8, 4) is 23.1 Å². The molecule has 1 aromatic carbocycles. The molecule has 8 heteroatoms. The monoisotopic (exact) mass is 359 g/mol. The lowest BCUT2D eigenvalue weighted by molar-refractivity contribution is 0.102. The van der Waals surface area contributed by atoms with Gasteiger partial charge in [0.15, 0.2) is 0 Å². The summed E-state index contributed by atoms with van der Waals surface area (Å²) in [7, 11) is 1.60. The first-order chi connectivity index (χ1) is 12.0. The summed E-state index contributed by atoms with van der Waals surface area (Å²) in [6.07, 6.45) is 1.37. The minimum absolute atomic E-state index is 0.0301. The van der Waals surface area contributed by atoms with E-state index < -0.39 is 0 Å². The van der Waals surface area contributed by atoms with Crippen LogP contribution in [0, 0.1) is 0 Å². The third-order valence-corrected chi connectivity index (χ3v) is 3.80. The second kappa shape index (κ2) is 7.35.